The number of aryl methyl sites for hydroxylation is 3. The van der Waals surface area contributed by atoms with Crippen molar-refractivity contribution in [3.05, 3.63) is 64.8 Å². The Morgan fingerprint density at radius 3 is 2.57 bits per heavy atom. The summed E-state index contributed by atoms with van der Waals surface area (Å²) in [5, 5.41) is 11.8. The minimum absolute atomic E-state index is 0.522. The number of nitriles is 1. The van der Waals surface area contributed by atoms with Gasteiger partial charge >= 0.3 is 0 Å². The van der Waals surface area contributed by atoms with Crippen LogP contribution in [0.3, 0.4) is 0 Å². The molecule has 0 unspecified atom stereocenters. The number of nitrogens with zero attached hydrogens (tertiary/aromatic N) is 2. The van der Waals surface area contributed by atoms with Crippen LogP contribution in [-0.2, 0) is 13.5 Å². The summed E-state index contributed by atoms with van der Waals surface area (Å²) in [5.41, 5.74) is 8.08. The van der Waals surface area contributed by atoms with Crippen LogP contribution in [-0.4, -0.2) is 0 Å². The van der Waals surface area contributed by atoms with Crippen LogP contribution >= 0.6 is 0 Å². The zero-order valence-electron chi connectivity index (χ0n) is 17.1. The Morgan fingerprint density at radius 2 is 1.89 bits per heavy atom. The first kappa shape index (κ1) is 18.3. The third kappa shape index (κ3) is 2.77. The van der Waals surface area contributed by atoms with E-state index in [4.69, 9.17) is 4.42 Å². The van der Waals surface area contributed by atoms with Crippen molar-refractivity contribution in [1.82, 2.24) is 0 Å². The van der Waals surface area contributed by atoms with Gasteiger partial charge in [-0.05, 0) is 55.0 Å². The van der Waals surface area contributed by atoms with E-state index < -0.39 is 0 Å². The number of hydrogen-bond donors (Lipinski definition) is 0. The lowest BCUT2D eigenvalue weighted by molar-refractivity contribution is -0.660. The highest BCUT2D eigenvalue weighted by Crippen LogP contribution is 2.40. The second-order valence-corrected chi connectivity index (χ2v) is 8.06. The van der Waals surface area contributed by atoms with E-state index in [1.165, 1.54) is 5.56 Å². The molecule has 0 aliphatic heterocycles. The van der Waals surface area contributed by atoms with Gasteiger partial charge in [-0.15, -0.1) is 0 Å². The van der Waals surface area contributed by atoms with Gasteiger partial charge in [0.2, 0.25) is 5.69 Å². The summed E-state index contributed by atoms with van der Waals surface area (Å²) in [7, 11) is 2.04. The van der Waals surface area contributed by atoms with Crippen LogP contribution in [0.4, 0.5) is 0 Å². The maximum absolute atomic E-state index is 9.85. The number of rotatable bonds is 3. The van der Waals surface area contributed by atoms with Crippen LogP contribution < -0.4 is 4.57 Å². The molecule has 3 nitrogen and oxygen atoms in total. The zero-order chi connectivity index (χ0) is 20.0. The Morgan fingerprint density at radius 1 is 1.11 bits per heavy atom. The Kier molecular flexibility index (Phi) is 4.43. The van der Waals surface area contributed by atoms with E-state index in [1.54, 1.807) is 0 Å². The molecule has 0 fully saturated rings. The first-order valence-corrected chi connectivity index (χ1v) is 9.75. The highest BCUT2D eigenvalue weighted by molar-refractivity contribution is 6.12. The number of fused-ring (bicyclic) bond motifs is 3. The number of hydrogen-bond acceptors (Lipinski definition) is 2. The minimum atomic E-state index is 0.522. The van der Waals surface area contributed by atoms with E-state index in [1.807, 2.05) is 25.4 Å². The maximum Gasteiger partial charge on any atom is 0.216 e. The van der Waals surface area contributed by atoms with Gasteiger partial charge in [-0.25, -0.2) is 4.57 Å². The molecule has 28 heavy (non-hydrogen) atoms. The lowest BCUT2D eigenvalue weighted by atomic mass is 9.93. The molecule has 140 valence electrons. The van der Waals surface area contributed by atoms with Gasteiger partial charge in [-0.3, -0.25) is 0 Å². The van der Waals surface area contributed by atoms with Crippen LogP contribution in [0.5, 0.6) is 0 Å². The number of benzene rings is 2. The zero-order valence-corrected chi connectivity index (χ0v) is 17.1. The molecule has 0 spiro atoms. The van der Waals surface area contributed by atoms with Crippen molar-refractivity contribution in [3.8, 4) is 17.3 Å². The summed E-state index contributed by atoms with van der Waals surface area (Å²) in [6, 6.07) is 14.8. The highest BCUT2D eigenvalue weighted by atomic mass is 16.3. The number of aromatic nitrogens is 1. The Bertz CT molecular complexity index is 1260. The van der Waals surface area contributed by atoms with Crippen molar-refractivity contribution in [3.63, 3.8) is 0 Å². The third-order valence-corrected chi connectivity index (χ3v) is 5.54. The molecule has 2 aromatic heterocycles. The molecule has 0 atom stereocenters. The molecule has 4 rings (SSSR count). The monoisotopic (exact) mass is 369 g/mol. The maximum atomic E-state index is 9.85. The van der Waals surface area contributed by atoms with Gasteiger partial charge in [0, 0.05) is 22.9 Å². The average molecular weight is 369 g/mol. The van der Waals surface area contributed by atoms with Gasteiger partial charge in [0.05, 0.1) is 17.2 Å². The third-order valence-electron chi connectivity index (χ3n) is 5.54. The van der Waals surface area contributed by atoms with Crippen LogP contribution in [0.15, 0.2) is 47.0 Å². The molecule has 2 heterocycles. The fourth-order valence-electron chi connectivity index (χ4n) is 4.13. The first-order chi connectivity index (χ1) is 13.4. The SMILES string of the molecule is Cc1ccc2c(oc3c(C)c(CC(C)C)cc(C#N)c32)c1-c1cccc[n+]1C. The van der Waals surface area contributed by atoms with Crippen molar-refractivity contribution in [2.45, 2.75) is 34.1 Å². The molecular weight excluding hydrogens is 344 g/mol. The minimum Gasteiger partial charge on any atom is -0.455 e. The predicted molar refractivity (Wildman–Crippen MR) is 113 cm³/mol. The van der Waals surface area contributed by atoms with Crippen LogP contribution in [0.2, 0.25) is 0 Å². The molecule has 2 aromatic carbocycles. The van der Waals surface area contributed by atoms with Gasteiger partial charge in [0.25, 0.3) is 0 Å². The first-order valence-electron chi connectivity index (χ1n) is 9.75. The van der Waals surface area contributed by atoms with Crippen molar-refractivity contribution in [2.75, 3.05) is 0 Å². The van der Waals surface area contributed by atoms with Gasteiger partial charge in [0.1, 0.15) is 18.2 Å². The number of furan rings is 1. The molecule has 0 radical (unpaired) electrons. The second kappa shape index (κ2) is 6.80. The standard InChI is InChI=1S/C25H25N2O/c1-15(2)12-18-13-19(14-26)23-20-10-9-16(3)22(21-8-6-7-11-27(21)5)25(20)28-24(23)17(18)4/h6-11,13,15H,12H2,1-5H3/q+1. The fourth-order valence-corrected chi connectivity index (χ4v) is 4.13. The normalized spacial score (nSPS) is 11.5. The number of pyridine rings is 1. The molecule has 0 saturated carbocycles. The van der Waals surface area contributed by atoms with Crippen LogP contribution in [0.25, 0.3) is 33.2 Å². The Hall–Kier alpha value is -3.12. The molecule has 0 aliphatic carbocycles. The quantitative estimate of drug-likeness (QED) is 0.431. The predicted octanol–water partition coefficient (Wildman–Crippen LogP) is 5.76. The van der Waals surface area contributed by atoms with Crippen molar-refractivity contribution >= 4 is 21.9 Å². The molecule has 3 heteroatoms. The van der Waals surface area contributed by atoms with Crippen molar-refractivity contribution in [2.24, 2.45) is 13.0 Å². The Balaban J connectivity index is 2.14. The average Bonchev–Trinajstić information content (AvgIpc) is 3.04. The van der Waals surface area contributed by atoms with E-state index in [9.17, 15) is 5.26 Å². The molecule has 0 amide bonds. The summed E-state index contributed by atoms with van der Waals surface area (Å²) < 4.78 is 8.61. The highest BCUT2D eigenvalue weighted by Gasteiger charge is 2.23. The van der Waals surface area contributed by atoms with E-state index >= 15 is 0 Å². The smallest absolute Gasteiger partial charge is 0.216 e. The van der Waals surface area contributed by atoms with E-state index in [2.05, 4.69) is 62.6 Å². The summed E-state index contributed by atoms with van der Waals surface area (Å²) in [5.74, 6) is 0.522. The fraction of sp³-hybridized carbons (Fsp3) is 0.280. The van der Waals surface area contributed by atoms with Crippen LogP contribution in [0.1, 0.15) is 36.1 Å². The van der Waals surface area contributed by atoms with Gasteiger partial charge < -0.3 is 4.42 Å². The lowest BCUT2D eigenvalue weighted by Gasteiger charge is -2.10. The molecule has 0 bridgehead atoms. The molecule has 4 aromatic rings. The summed E-state index contributed by atoms with van der Waals surface area (Å²) in [6.45, 7) is 8.62. The van der Waals surface area contributed by atoms with E-state index in [-0.39, 0.29) is 0 Å². The lowest BCUT2D eigenvalue weighted by Crippen LogP contribution is -2.30. The summed E-state index contributed by atoms with van der Waals surface area (Å²) in [4.78, 5) is 0. The second-order valence-electron chi connectivity index (χ2n) is 8.06. The van der Waals surface area contributed by atoms with Crippen molar-refractivity contribution in [1.29, 1.82) is 5.26 Å². The topological polar surface area (TPSA) is 40.8 Å². The molecule has 0 N–H and O–H groups in total. The van der Waals surface area contributed by atoms with E-state index in [0.717, 1.165) is 50.7 Å². The van der Waals surface area contributed by atoms with Crippen LogP contribution in [0, 0.1) is 31.1 Å². The van der Waals surface area contributed by atoms with Gasteiger partial charge in [-0.2, -0.15) is 5.26 Å². The largest absolute Gasteiger partial charge is 0.455 e. The van der Waals surface area contributed by atoms with E-state index in [0.29, 0.717) is 11.5 Å². The van der Waals surface area contributed by atoms with Gasteiger partial charge in [0.15, 0.2) is 6.20 Å². The van der Waals surface area contributed by atoms with Gasteiger partial charge in [-0.1, -0.05) is 26.0 Å². The molecular formula is C25H25N2O+. The van der Waals surface area contributed by atoms with Crippen molar-refractivity contribution < 1.29 is 8.98 Å². The molecule has 0 aliphatic rings. The summed E-state index contributed by atoms with van der Waals surface area (Å²) >= 11 is 0. The Labute approximate surface area is 165 Å². The summed E-state index contributed by atoms with van der Waals surface area (Å²) in [6.07, 6.45) is 2.98. The molecule has 0 saturated heterocycles.